The maximum atomic E-state index is 12.8. The fourth-order valence-corrected chi connectivity index (χ4v) is 2.62. The number of carbonyl (C=O) groups excluding carboxylic acids is 2. The Kier molecular flexibility index (Phi) is 7.61. The van der Waals surface area contributed by atoms with Gasteiger partial charge in [-0.05, 0) is 36.2 Å². The van der Waals surface area contributed by atoms with Gasteiger partial charge in [-0.25, -0.2) is 0 Å². The number of pyridine rings is 1. The molecule has 0 unspecified atom stereocenters. The minimum absolute atomic E-state index is 0.133. The zero-order chi connectivity index (χ0) is 19.6. The summed E-state index contributed by atoms with van der Waals surface area (Å²) in [4.78, 5) is 29.9. The fraction of sp³-hybridized carbons (Fsp3) is 0.350. The molecule has 0 bridgehead atoms. The van der Waals surface area contributed by atoms with Crippen LogP contribution in [0.4, 0.5) is 0 Å². The van der Waals surface area contributed by atoms with Gasteiger partial charge in [0.25, 0.3) is 5.91 Å². The van der Waals surface area contributed by atoms with Crippen molar-refractivity contribution in [3.63, 3.8) is 0 Å². The highest BCUT2D eigenvalue weighted by molar-refractivity contribution is 5.94. The first-order chi connectivity index (χ1) is 13.1. The lowest BCUT2D eigenvalue weighted by Crippen LogP contribution is -2.35. The summed E-state index contributed by atoms with van der Waals surface area (Å²) < 4.78 is 15.2. The van der Waals surface area contributed by atoms with Crippen LogP contribution in [-0.2, 0) is 16.0 Å². The quantitative estimate of drug-likeness (QED) is 0.629. The van der Waals surface area contributed by atoms with Crippen molar-refractivity contribution in [1.82, 2.24) is 9.88 Å². The molecule has 1 aromatic carbocycles. The topological polar surface area (TPSA) is 78.0 Å². The van der Waals surface area contributed by atoms with Gasteiger partial charge in [-0.1, -0.05) is 6.07 Å². The molecule has 2 rings (SSSR count). The molecule has 27 heavy (non-hydrogen) atoms. The normalized spacial score (nSPS) is 10.2. The van der Waals surface area contributed by atoms with E-state index in [1.165, 1.54) is 13.3 Å². The van der Waals surface area contributed by atoms with E-state index in [9.17, 15) is 9.59 Å². The minimum atomic E-state index is -0.356. The summed E-state index contributed by atoms with van der Waals surface area (Å²) >= 11 is 0. The van der Waals surface area contributed by atoms with E-state index in [1.54, 1.807) is 37.4 Å². The lowest BCUT2D eigenvalue weighted by molar-refractivity contribution is -0.140. The zero-order valence-electron chi connectivity index (χ0n) is 15.8. The standard InChI is InChI=1S/C20H24N2O5/c1-25-17-7-6-15(13-18(17)26-2)8-11-22(12-9-19(23)27-3)20(24)16-5-4-10-21-14-16/h4-7,10,13-14H,8-9,11-12H2,1-3H3. The van der Waals surface area contributed by atoms with Gasteiger partial charge >= 0.3 is 5.97 Å². The van der Waals surface area contributed by atoms with Gasteiger partial charge in [0.05, 0.1) is 33.3 Å². The molecule has 1 heterocycles. The SMILES string of the molecule is COC(=O)CCN(CCc1ccc(OC)c(OC)c1)C(=O)c1cccnc1. The smallest absolute Gasteiger partial charge is 0.307 e. The number of methoxy groups -OCH3 is 3. The highest BCUT2D eigenvalue weighted by Gasteiger charge is 2.17. The van der Waals surface area contributed by atoms with Crippen LogP contribution in [0.5, 0.6) is 11.5 Å². The molecule has 0 saturated carbocycles. The molecular formula is C20H24N2O5. The van der Waals surface area contributed by atoms with Gasteiger partial charge in [0, 0.05) is 25.5 Å². The van der Waals surface area contributed by atoms with Gasteiger partial charge in [-0.15, -0.1) is 0 Å². The second-order valence-electron chi connectivity index (χ2n) is 5.80. The predicted octanol–water partition coefficient (Wildman–Crippen LogP) is 2.35. The first-order valence-electron chi connectivity index (χ1n) is 8.56. The highest BCUT2D eigenvalue weighted by atomic mass is 16.5. The van der Waals surface area contributed by atoms with Crippen molar-refractivity contribution in [2.24, 2.45) is 0 Å². The van der Waals surface area contributed by atoms with E-state index < -0.39 is 0 Å². The van der Waals surface area contributed by atoms with E-state index in [2.05, 4.69) is 9.72 Å². The number of hydrogen-bond donors (Lipinski definition) is 0. The maximum absolute atomic E-state index is 12.8. The lowest BCUT2D eigenvalue weighted by Gasteiger charge is -2.22. The van der Waals surface area contributed by atoms with Crippen LogP contribution in [0.15, 0.2) is 42.7 Å². The zero-order valence-corrected chi connectivity index (χ0v) is 15.8. The van der Waals surface area contributed by atoms with Crippen molar-refractivity contribution in [2.75, 3.05) is 34.4 Å². The molecular weight excluding hydrogens is 348 g/mol. The Morgan fingerprint density at radius 2 is 1.81 bits per heavy atom. The number of amides is 1. The second kappa shape index (κ2) is 10.2. The van der Waals surface area contributed by atoms with Gasteiger partial charge in [0.2, 0.25) is 0 Å². The van der Waals surface area contributed by atoms with E-state index in [-0.39, 0.29) is 24.8 Å². The Bertz CT molecular complexity index is 764. The van der Waals surface area contributed by atoms with Crippen molar-refractivity contribution in [2.45, 2.75) is 12.8 Å². The molecule has 2 aromatic rings. The molecule has 0 saturated heterocycles. The Morgan fingerprint density at radius 1 is 1.04 bits per heavy atom. The summed E-state index contributed by atoms with van der Waals surface area (Å²) in [7, 11) is 4.49. The molecule has 0 aliphatic rings. The van der Waals surface area contributed by atoms with Gasteiger partial charge in [0.15, 0.2) is 11.5 Å². The van der Waals surface area contributed by atoms with Crippen LogP contribution >= 0.6 is 0 Å². The molecule has 7 heteroatoms. The third-order valence-corrected chi connectivity index (χ3v) is 4.13. The average Bonchev–Trinajstić information content (AvgIpc) is 2.73. The van der Waals surface area contributed by atoms with E-state index in [4.69, 9.17) is 9.47 Å². The van der Waals surface area contributed by atoms with Crippen LogP contribution in [0.1, 0.15) is 22.3 Å². The maximum Gasteiger partial charge on any atom is 0.307 e. The number of nitrogens with zero attached hydrogens (tertiary/aromatic N) is 2. The van der Waals surface area contributed by atoms with Crippen molar-refractivity contribution in [3.05, 3.63) is 53.9 Å². The Balaban J connectivity index is 2.11. The van der Waals surface area contributed by atoms with E-state index in [1.807, 2.05) is 18.2 Å². The molecule has 0 spiro atoms. The Morgan fingerprint density at radius 3 is 2.44 bits per heavy atom. The molecule has 1 aromatic heterocycles. The molecule has 0 fully saturated rings. The summed E-state index contributed by atoms with van der Waals surface area (Å²) in [6, 6.07) is 9.05. The number of benzene rings is 1. The summed E-state index contributed by atoms with van der Waals surface area (Å²) in [5.41, 5.74) is 1.48. The average molecular weight is 372 g/mol. The molecule has 0 N–H and O–H groups in total. The monoisotopic (exact) mass is 372 g/mol. The van der Waals surface area contributed by atoms with E-state index >= 15 is 0 Å². The van der Waals surface area contributed by atoms with Crippen LogP contribution in [-0.4, -0.2) is 56.2 Å². The van der Waals surface area contributed by atoms with Crippen molar-refractivity contribution >= 4 is 11.9 Å². The molecule has 0 radical (unpaired) electrons. The van der Waals surface area contributed by atoms with Crippen LogP contribution in [0.2, 0.25) is 0 Å². The van der Waals surface area contributed by atoms with Crippen LogP contribution in [0.25, 0.3) is 0 Å². The van der Waals surface area contributed by atoms with Crippen molar-refractivity contribution in [3.8, 4) is 11.5 Å². The third-order valence-electron chi connectivity index (χ3n) is 4.13. The minimum Gasteiger partial charge on any atom is -0.493 e. The number of rotatable bonds is 9. The molecule has 0 aliphatic heterocycles. The second-order valence-corrected chi connectivity index (χ2v) is 5.80. The number of hydrogen-bond acceptors (Lipinski definition) is 6. The van der Waals surface area contributed by atoms with Crippen molar-refractivity contribution in [1.29, 1.82) is 0 Å². The van der Waals surface area contributed by atoms with Crippen molar-refractivity contribution < 1.29 is 23.8 Å². The first-order valence-corrected chi connectivity index (χ1v) is 8.56. The molecule has 0 atom stereocenters. The van der Waals surface area contributed by atoms with Gasteiger partial charge < -0.3 is 19.1 Å². The van der Waals surface area contributed by atoms with Gasteiger partial charge in [-0.3, -0.25) is 14.6 Å². The number of ether oxygens (including phenoxy) is 3. The molecule has 144 valence electrons. The summed E-state index contributed by atoms with van der Waals surface area (Å²) in [6.07, 6.45) is 3.87. The number of esters is 1. The molecule has 1 amide bonds. The van der Waals surface area contributed by atoms with Crippen LogP contribution < -0.4 is 9.47 Å². The lowest BCUT2D eigenvalue weighted by atomic mass is 10.1. The molecule has 0 aliphatic carbocycles. The van der Waals surface area contributed by atoms with Gasteiger partial charge in [-0.2, -0.15) is 0 Å². The number of carbonyl (C=O) groups is 2. The first kappa shape index (κ1) is 20.2. The summed E-state index contributed by atoms with van der Waals surface area (Å²) in [5.74, 6) is 0.752. The summed E-state index contributed by atoms with van der Waals surface area (Å²) in [5, 5.41) is 0. The predicted molar refractivity (Wildman–Crippen MR) is 100 cm³/mol. The Labute approximate surface area is 158 Å². The van der Waals surface area contributed by atoms with Crippen LogP contribution in [0, 0.1) is 0 Å². The van der Waals surface area contributed by atoms with Gasteiger partial charge in [0.1, 0.15) is 0 Å². The highest BCUT2D eigenvalue weighted by Crippen LogP contribution is 2.27. The summed E-state index contributed by atoms with van der Waals surface area (Å²) in [6.45, 7) is 0.716. The van der Waals surface area contributed by atoms with Crippen LogP contribution in [0.3, 0.4) is 0 Å². The molecule has 7 nitrogen and oxygen atoms in total. The van der Waals surface area contributed by atoms with E-state index in [0.29, 0.717) is 30.0 Å². The third kappa shape index (κ3) is 5.70. The van der Waals surface area contributed by atoms with E-state index in [0.717, 1.165) is 5.56 Å². The fourth-order valence-electron chi connectivity index (χ4n) is 2.62. The largest absolute Gasteiger partial charge is 0.493 e. The number of aromatic nitrogens is 1. The Hall–Kier alpha value is -3.09.